The smallest absolute Gasteiger partial charge is 0.274 e. The van der Waals surface area contributed by atoms with Crippen LogP contribution in [-0.4, -0.2) is 53.7 Å². The Kier molecular flexibility index (Phi) is 5.27. The Hall–Kier alpha value is -3.23. The number of H-pyrrole nitrogens is 1. The Bertz CT molecular complexity index is 1070. The zero-order valence-corrected chi connectivity index (χ0v) is 17.6. The van der Waals surface area contributed by atoms with Crippen molar-refractivity contribution in [2.45, 2.75) is 45.6 Å². The number of amides is 1. The molecule has 1 N–H and O–H groups in total. The number of piperidine rings is 1. The number of aromatic nitrogens is 6. The molecule has 4 heterocycles. The highest BCUT2D eigenvalue weighted by atomic mass is 16.2. The molecule has 1 fully saturated rings. The largest absolute Gasteiger partial charge is 0.337 e. The average Bonchev–Trinajstić information content (AvgIpc) is 3.42. The molecule has 4 rings (SSSR count). The van der Waals surface area contributed by atoms with Gasteiger partial charge in [0.25, 0.3) is 11.5 Å². The minimum absolute atomic E-state index is 0.0452. The van der Waals surface area contributed by atoms with Crippen LogP contribution in [0.3, 0.4) is 0 Å². The number of nitrogens with one attached hydrogen (secondary N) is 1. The normalized spacial score (nSPS) is 15.5. The number of likely N-dealkylation sites (tertiary alicyclic amines) is 1. The standard InChI is InChI=1S/C21H27N7O2/c1-21(2,3)17-13-16(23-24-17)20(30)26-11-7-15(8-12-26)14-28-19(29)6-5-18(25-28)27-10-4-9-22-27/h4-6,9-10,13,15H,7-8,11-12,14H2,1-3H3,(H,23,24). The number of aromatic amines is 1. The number of carbonyl (C=O) groups excluding carboxylic acids is 1. The van der Waals surface area contributed by atoms with Crippen molar-refractivity contribution in [3.05, 3.63) is 58.4 Å². The van der Waals surface area contributed by atoms with Crippen LogP contribution in [0.5, 0.6) is 0 Å². The number of rotatable bonds is 4. The molecule has 0 radical (unpaired) electrons. The summed E-state index contributed by atoms with van der Waals surface area (Å²) < 4.78 is 3.13. The third-order valence-electron chi connectivity index (χ3n) is 5.53. The molecule has 158 valence electrons. The molecular weight excluding hydrogens is 382 g/mol. The second-order valence-corrected chi connectivity index (χ2v) is 8.81. The van der Waals surface area contributed by atoms with Gasteiger partial charge in [-0.15, -0.1) is 5.10 Å². The monoisotopic (exact) mass is 409 g/mol. The predicted octanol–water partition coefficient (Wildman–Crippen LogP) is 2.00. The van der Waals surface area contributed by atoms with Crippen LogP contribution in [0, 0.1) is 5.92 Å². The van der Waals surface area contributed by atoms with Gasteiger partial charge in [-0.3, -0.25) is 14.7 Å². The van der Waals surface area contributed by atoms with Gasteiger partial charge in [-0.25, -0.2) is 9.36 Å². The molecule has 1 saturated heterocycles. The molecule has 0 unspecified atom stereocenters. The molecule has 0 atom stereocenters. The van der Waals surface area contributed by atoms with E-state index < -0.39 is 0 Å². The summed E-state index contributed by atoms with van der Waals surface area (Å²) in [6.45, 7) is 8.07. The second-order valence-electron chi connectivity index (χ2n) is 8.81. The molecule has 0 aliphatic carbocycles. The summed E-state index contributed by atoms with van der Waals surface area (Å²) in [5.74, 6) is 0.855. The van der Waals surface area contributed by atoms with E-state index >= 15 is 0 Å². The fraction of sp³-hybridized carbons (Fsp3) is 0.476. The van der Waals surface area contributed by atoms with Crippen molar-refractivity contribution in [3.63, 3.8) is 0 Å². The SMILES string of the molecule is CC(C)(C)c1cc(C(=O)N2CCC(Cn3nc(-n4cccn4)ccc3=O)CC2)n[nH]1. The Morgan fingerprint density at radius 2 is 2.00 bits per heavy atom. The summed E-state index contributed by atoms with van der Waals surface area (Å²) in [7, 11) is 0. The van der Waals surface area contributed by atoms with Crippen LogP contribution in [0.2, 0.25) is 0 Å². The van der Waals surface area contributed by atoms with E-state index in [1.807, 2.05) is 17.0 Å². The Balaban J connectivity index is 1.38. The molecule has 1 aliphatic heterocycles. The highest BCUT2D eigenvalue weighted by molar-refractivity contribution is 5.92. The molecule has 1 aliphatic rings. The summed E-state index contributed by atoms with van der Waals surface area (Å²) in [6, 6.07) is 6.85. The molecule has 30 heavy (non-hydrogen) atoms. The first-order chi connectivity index (χ1) is 14.3. The number of nitrogens with zero attached hydrogens (tertiary/aromatic N) is 6. The molecule has 0 aromatic carbocycles. The lowest BCUT2D eigenvalue weighted by atomic mass is 9.92. The van der Waals surface area contributed by atoms with Crippen molar-refractivity contribution in [2.75, 3.05) is 13.1 Å². The van der Waals surface area contributed by atoms with Crippen molar-refractivity contribution in [3.8, 4) is 5.82 Å². The van der Waals surface area contributed by atoms with E-state index in [0.717, 1.165) is 18.5 Å². The number of carbonyl (C=O) groups is 1. The van der Waals surface area contributed by atoms with E-state index in [9.17, 15) is 9.59 Å². The Morgan fingerprint density at radius 3 is 2.63 bits per heavy atom. The summed E-state index contributed by atoms with van der Waals surface area (Å²) in [4.78, 5) is 26.9. The second kappa shape index (κ2) is 7.89. The van der Waals surface area contributed by atoms with E-state index in [2.05, 4.69) is 41.2 Å². The molecule has 0 saturated carbocycles. The van der Waals surface area contributed by atoms with Crippen molar-refractivity contribution in [2.24, 2.45) is 5.92 Å². The van der Waals surface area contributed by atoms with Crippen LogP contribution in [-0.2, 0) is 12.0 Å². The van der Waals surface area contributed by atoms with E-state index in [4.69, 9.17) is 0 Å². The molecule has 3 aromatic heterocycles. The summed E-state index contributed by atoms with van der Waals surface area (Å²) >= 11 is 0. The molecule has 9 heteroatoms. The van der Waals surface area contributed by atoms with Gasteiger partial charge in [0.2, 0.25) is 0 Å². The van der Waals surface area contributed by atoms with Crippen LogP contribution in [0.25, 0.3) is 5.82 Å². The average molecular weight is 409 g/mol. The van der Waals surface area contributed by atoms with Gasteiger partial charge in [-0.1, -0.05) is 20.8 Å². The minimum atomic E-state index is -0.129. The predicted molar refractivity (Wildman–Crippen MR) is 112 cm³/mol. The van der Waals surface area contributed by atoms with Gasteiger partial charge < -0.3 is 4.90 Å². The van der Waals surface area contributed by atoms with Crippen molar-refractivity contribution >= 4 is 5.91 Å². The van der Waals surface area contributed by atoms with Gasteiger partial charge in [-0.2, -0.15) is 10.2 Å². The van der Waals surface area contributed by atoms with Crippen LogP contribution in [0.1, 0.15) is 49.8 Å². The van der Waals surface area contributed by atoms with E-state index in [1.165, 1.54) is 10.7 Å². The van der Waals surface area contributed by atoms with Crippen LogP contribution >= 0.6 is 0 Å². The minimum Gasteiger partial charge on any atom is -0.337 e. The lowest BCUT2D eigenvalue weighted by molar-refractivity contribution is 0.0674. The van der Waals surface area contributed by atoms with Crippen LogP contribution in [0.4, 0.5) is 0 Å². The van der Waals surface area contributed by atoms with E-state index in [1.54, 1.807) is 23.1 Å². The van der Waals surface area contributed by atoms with Gasteiger partial charge in [0, 0.05) is 49.2 Å². The quantitative estimate of drug-likeness (QED) is 0.710. The maximum atomic E-state index is 12.8. The molecule has 9 nitrogen and oxygen atoms in total. The van der Waals surface area contributed by atoms with Crippen molar-refractivity contribution in [1.29, 1.82) is 0 Å². The first-order valence-electron chi connectivity index (χ1n) is 10.2. The van der Waals surface area contributed by atoms with Crippen LogP contribution in [0.15, 0.2) is 41.5 Å². The van der Waals surface area contributed by atoms with E-state index in [0.29, 0.717) is 31.1 Å². The lowest BCUT2D eigenvalue weighted by Crippen LogP contribution is -2.40. The fourth-order valence-corrected chi connectivity index (χ4v) is 3.64. The van der Waals surface area contributed by atoms with E-state index in [-0.39, 0.29) is 22.8 Å². The summed E-state index contributed by atoms with van der Waals surface area (Å²) in [6.07, 6.45) is 5.11. The number of hydrogen-bond donors (Lipinski definition) is 1. The van der Waals surface area contributed by atoms with Gasteiger partial charge in [0.1, 0.15) is 5.69 Å². The third-order valence-corrected chi connectivity index (χ3v) is 5.53. The molecule has 3 aromatic rings. The van der Waals surface area contributed by atoms with Crippen LogP contribution < -0.4 is 5.56 Å². The molecule has 0 bridgehead atoms. The zero-order chi connectivity index (χ0) is 21.3. The van der Waals surface area contributed by atoms with Gasteiger partial charge >= 0.3 is 0 Å². The topological polar surface area (TPSA) is 102 Å². The van der Waals surface area contributed by atoms with Crippen molar-refractivity contribution in [1.82, 2.24) is 34.7 Å². The molecule has 1 amide bonds. The Morgan fingerprint density at radius 1 is 1.23 bits per heavy atom. The maximum absolute atomic E-state index is 12.8. The Labute approximate surface area is 174 Å². The summed E-state index contributed by atoms with van der Waals surface area (Å²) in [5.41, 5.74) is 1.20. The number of hydrogen-bond acceptors (Lipinski definition) is 5. The van der Waals surface area contributed by atoms with Gasteiger partial charge in [0.05, 0.1) is 0 Å². The lowest BCUT2D eigenvalue weighted by Gasteiger charge is -2.31. The molecule has 0 spiro atoms. The highest BCUT2D eigenvalue weighted by Gasteiger charge is 2.27. The molecular formula is C21H27N7O2. The fourth-order valence-electron chi connectivity index (χ4n) is 3.64. The van der Waals surface area contributed by atoms with Gasteiger partial charge in [0.15, 0.2) is 5.82 Å². The first kappa shape index (κ1) is 20.1. The summed E-state index contributed by atoms with van der Waals surface area (Å²) in [5, 5.41) is 15.8. The first-order valence-corrected chi connectivity index (χ1v) is 10.2. The maximum Gasteiger partial charge on any atom is 0.274 e. The third kappa shape index (κ3) is 4.19. The van der Waals surface area contributed by atoms with Gasteiger partial charge in [-0.05, 0) is 37.0 Å². The highest BCUT2D eigenvalue weighted by Crippen LogP contribution is 2.23. The zero-order valence-electron chi connectivity index (χ0n) is 17.6. The van der Waals surface area contributed by atoms with Crippen molar-refractivity contribution < 1.29 is 4.79 Å².